The molecule has 0 aliphatic heterocycles. The number of nitrogens with one attached hydrogen (secondary N) is 1. The van der Waals surface area contributed by atoms with Gasteiger partial charge in [0.05, 0.1) is 6.42 Å². The molecule has 0 aromatic heterocycles. The number of anilines is 1. The summed E-state index contributed by atoms with van der Waals surface area (Å²) in [6.07, 6.45) is -0.297. The Bertz CT molecular complexity index is 535. The van der Waals surface area contributed by atoms with Crippen LogP contribution in [0.5, 0.6) is 0 Å². The first-order valence-corrected chi connectivity index (χ1v) is 6.85. The third kappa shape index (κ3) is 4.51. The Morgan fingerprint density at radius 2 is 1.95 bits per heavy atom. The molecule has 0 spiro atoms. The van der Waals surface area contributed by atoms with Crippen molar-refractivity contribution >= 4 is 17.6 Å². The normalized spacial score (nSPS) is 18.2. The molecular weight excluding hydrogens is 280 g/mol. The van der Waals surface area contributed by atoms with Gasteiger partial charge in [-0.3, -0.25) is 9.59 Å². The summed E-state index contributed by atoms with van der Waals surface area (Å²) in [5, 5.41) is 11.4. The number of benzene rings is 1. The minimum Gasteiger partial charge on any atom is -0.481 e. The number of carbonyl (C=O) groups excluding carboxylic acids is 1. The van der Waals surface area contributed by atoms with Gasteiger partial charge in [-0.1, -0.05) is 12.1 Å². The fourth-order valence-electron chi connectivity index (χ4n) is 2.48. The highest BCUT2D eigenvalue weighted by Crippen LogP contribution is 2.36. The Morgan fingerprint density at radius 3 is 2.57 bits per heavy atom. The molecule has 2 N–H and O–H groups in total. The SMILES string of the molecule is O=C(O)Cc1cccc(NC(=O)C2CCC(F)(F)CC2)c1. The molecule has 1 fully saturated rings. The number of hydrogen-bond acceptors (Lipinski definition) is 2. The average molecular weight is 297 g/mol. The van der Waals surface area contributed by atoms with Crippen LogP contribution in [0.2, 0.25) is 0 Å². The summed E-state index contributed by atoms with van der Waals surface area (Å²) in [6, 6.07) is 6.55. The van der Waals surface area contributed by atoms with Crippen molar-refractivity contribution in [3.8, 4) is 0 Å². The highest BCUT2D eigenvalue weighted by Gasteiger charge is 2.37. The van der Waals surface area contributed by atoms with Crippen molar-refractivity contribution in [1.82, 2.24) is 0 Å². The summed E-state index contributed by atoms with van der Waals surface area (Å²) in [6.45, 7) is 0. The smallest absolute Gasteiger partial charge is 0.307 e. The molecular formula is C15H17F2NO3. The second-order valence-electron chi connectivity index (χ2n) is 5.39. The van der Waals surface area contributed by atoms with Crippen molar-refractivity contribution in [3.05, 3.63) is 29.8 Å². The van der Waals surface area contributed by atoms with E-state index < -0.39 is 17.8 Å². The number of carbonyl (C=O) groups is 2. The standard InChI is InChI=1S/C15H17F2NO3/c16-15(17)6-4-11(5-7-15)14(21)18-12-3-1-2-10(8-12)9-13(19)20/h1-3,8,11H,4-7,9H2,(H,18,21)(H,19,20). The third-order valence-electron chi connectivity index (χ3n) is 3.64. The molecule has 0 radical (unpaired) electrons. The second-order valence-corrected chi connectivity index (χ2v) is 5.39. The summed E-state index contributed by atoms with van der Waals surface area (Å²) in [5.74, 6) is -4.29. The van der Waals surface area contributed by atoms with E-state index in [2.05, 4.69) is 5.32 Å². The van der Waals surface area contributed by atoms with Crippen LogP contribution < -0.4 is 5.32 Å². The third-order valence-corrected chi connectivity index (χ3v) is 3.64. The van der Waals surface area contributed by atoms with Gasteiger partial charge in [0.25, 0.3) is 0 Å². The van der Waals surface area contributed by atoms with Crippen LogP contribution in [-0.4, -0.2) is 22.9 Å². The average Bonchev–Trinajstić information content (AvgIpc) is 2.38. The highest BCUT2D eigenvalue weighted by atomic mass is 19.3. The van der Waals surface area contributed by atoms with Gasteiger partial charge >= 0.3 is 5.97 Å². The van der Waals surface area contributed by atoms with E-state index in [4.69, 9.17) is 5.11 Å². The number of aliphatic carboxylic acids is 1. The van der Waals surface area contributed by atoms with Gasteiger partial charge in [-0.15, -0.1) is 0 Å². The lowest BCUT2D eigenvalue weighted by Crippen LogP contribution is -2.31. The Morgan fingerprint density at radius 1 is 1.29 bits per heavy atom. The van der Waals surface area contributed by atoms with Crippen molar-refractivity contribution in [2.75, 3.05) is 5.32 Å². The lowest BCUT2D eigenvalue weighted by molar-refractivity contribution is -0.136. The number of hydrogen-bond donors (Lipinski definition) is 2. The van der Waals surface area contributed by atoms with Gasteiger partial charge in [0, 0.05) is 24.4 Å². The molecule has 0 heterocycles. The molecule has 114 valence electrons. The zero-order chi connectivity index (χ0) is 15.5. The lowest BCUT2D eigenvalue weighted by Gasteiger charge is -2.27. The monoisotopic (exact) mass is 297 g/mol. The topological polar surface area (TPSA) is 66.4 Å². The number of carboxylic acid groups (broad SMARTS) is 1. The predicted molar refractivity (Wildman–Crippen MR) is 73.3 cm³/mol. The zero-order valence-electron chi connectivity index (χ0n) is 11.4. The van der Waals surface area contributed by atoms with E-state index in [1.807, 2.05) is 0 Å². The first-order chi connectivity index (χ1) is 9.85. The van der Waals surface area contributed by atoms with Gasteiger partial charge in [0.2, 0.25) is 11.8 Å². The molecule has 1 aromatic carbocycles. The van der Waals surface area contributed by atoms with E-state index in [1.54, 1.807) is 24.3 Å². The molecule has 0 bridgehead atoms. The van der Waals surface area contributed by atoms with Gasteiger partial charge in [0.1, 0.15) is 0 Å². The van der Waals surface area contributed by atoms with Crippen LogP contribution in [0.15, 0.2) is 24.3 Å². The van der Waals surface area contributed by atoms with Crippen LogP contribution in [0.25, 0.3) is 0 Å². The lowest BCUT2D eigenvalue weighted by atomic mass is 9.86. The van der Waals surface area contributed by atoms with Crippen LogP contribution in [0.1, 0.15) is 31.2 Å². The van der Waals surface area contributed by atoms with E-state index in [9.17, 15) is 18.4 Å². The van der Waals surface area contributed by atoms with Gasteiger partial charge in [0.15, 0.2) is 0 Å². The van der Waals surface area contributed by atoms with Crippen molar-refractivity contribution in [3.63, 3.8) is 0 Å². The summed E-state index contributed by atoms with van der Waals surface area (Å²) < 4.78 is 26.1. The molecule has 1 aliphatic rings. The Balaban J connectivity index is 1.95. The molecule has 1 amide bonds. The van der Waals surface area contributed by atoms with Crippen molar-refractivity contribution in [1.29, 1.82) is 0 Å². The zero-order valence-corrected chi connectivity index (χ0v) is 11.4. The maximum atomic E-state index is 13.1. The molecule has 1 aliphatic carbocycles. The number of halogens is 2. The highest BCUT2D eigenvalue weighted by molar-refractivity contribution is 5.92. The number of amides is 1. The molecule has 2 rings (SSSR count). The van der Waals surface area contributed by atoms with E-state index in [0.29, 0.717) is 11.3 Å². The summed E-state index contributed by atoms with van der Waals surface area (Å²) >= 11 is 0. The second kappa shape index (κ2) is 6.20. The van der Waals surface area contributed by atoms with Crippen LogP contribution in [0.3, 0.4) is 0 Å². The van der Waals surface area contributed by atoms with Crippen LogP contribution in [0.4, 0.5) is 14.5 Å². The van der Waals surface area contributed by atoms with E-state index in [-0.39, 0.29) is 38.0 Å². The Kier molecular flexibility index (Phi) is 4.55. The largest absolute Gasteiger partial charge is 0.481 e. The minimum absolute atomic E-state index is 0.126. The minimum atomic E-state index is -2.65. The Hall–Kier alpha value is -1.98. The molecule has 21 heavy (non-hydrogen) atoms. The number of carboxylic acids is 1. The van der Waals surface area contributed by atoms with Crippen molar-refractivity contribution in [2.45, 2.75) is 38.0 Å². The van der Waals surface area contributed by atoms with Crippen molar-refractivity contribution < 1.29 is 23.5 Å². The molecule has 4 nitrogen and oxygen atoms in total. The molecule has 1 saturated carbocycles. The fourth-order valence-corrected chi connectivity index (χ4v) is 2.48. The van der Waals surface area contributed by atoms with E-state index in [0.717, 1.165) is 0 Å². The first kappa shape index (κ1) is 15.4. The quantitative estimate of drug-likeness (QED) is 0.897. The molecule has 6 heteroatoms. The van der Waals surface area contributed by atoms with Crippen LogP contribution >= 0.6 is 0 Å². The molecule has 0 unspecified atom stereocenters. The summed E-state index contributed by atoms with van der Waals surface area (Å²) in [5.41, 5.74) is 1.08. The van der Waals surface area contributed by atoms with E-state index >= 15 is 0 Å². The van der Waals surface area contributed by atoms with Crippen LogP contribution in [0, 0.1) is 5.92 Å². The number of rotatable bonds is 4. The molecule has 1 aromatic rings. The fraction of sp³-hybridized carbons (Fsp3) is 0.467. The summed E-state index contributed by atoms with van der Waals surface area (Å²) in [4.78, 5) is 22.7. The Labute approximate surface area is 121 Å². The van der Waals surface area contributed by atoms with Crippen molar-refractivity contribution in [2.24, 2.45) is 5.92 Å². The first-order valence-electron chi connectivity index (χ1n) is 6.85. The maximum absolute atomic E-state index is 13.1. The summed E-state index contributed by atoms with van der Waals surface area (Å²) in [7, 11) is 0. The van der Waals surface area contributed by atoms with Gasteiger partial charge in [-0.25, -0.2) is 8.78 Å². The van der Waals surface area contributed by atoms with Gasteiger partial charge in [-0.2, -0.15) is 0 Å². The van der Waals surface area contributed by atoms with Gasteiger partial charge < -0.3 is 10.4 Å². The molecule has 0 saturated heterocycles. The number of alkyl halides is 2. The van der Waals surface area contributed by atoms with Gasteiger partial charge in [-0.05, 0) is 30.5 Å². The van der Waals surface area contributed by atoms with E-state index in [1.165, 1.54) is 0 Å². The predicted octanol–water partition coefficient (Wildman–Crippen LogP) is 3.08. The molecule has 0 atom stereocenters. The van der Waals surface area contributed by atoms with Crippen LogP contribution in [-0.2, 0) is 16.0 Å². The maximum Gasteiger partial charge on any atom is 0.307 e.